The topological polar surface area (TPSA) is 78.4 Å². The van der Waals surface area contributed by atoms with Crippen LogP contribution in [0.25, 0.3) is 0 Å². The molecule has 0 bridgehead atoms. The second kappa shape index (κ2) is 5.73. The Labute approximate surface area is 117 Å². The third kappa shape index (κ3) is 3.46. The lowest BCUT2D eigenvalue weighted by Crippen LogP contribution is -2.19. The Balaban J connectivity index is 2.05. The van der Waals surface area contributed by atoms with Crippen LogP contribution in [0.15, 0.2) is 35.0 Å². The minimum atomic E-state index is -1.11. The van der Waals surface area contributed by atoms with E-state index < -0.39 is 12.0 Å². The Morgan fingerprint density at radius 3 is 2.47 bits per heavy atom. The fourth-order valence-corrected chi connectivity index (χ4v) is 2.24. The van der Waals surface area contributed by atoms with Gasteiger partial charge in [-0.05, 0) is 29.6 Å². The summed E-state index contributed by atoms with van der Waals surface area (Å²) in [5, 5.41) is 17.7. The van der Waals surface area contributed by atoms with Gasteiger partial charge in [0.15, 0.2) is 0 Å². The third-order valence-corrected chi connectivity index (χ3v) is 3.23. The Kier molecular flexibility index (Phi) is 4.03. The lowest BCUT2D eigenvalue weighted by Gasteiger charge is -2.07. The van der Waals surface area contributed by atoms with Gasteiger partial charge in [0.1, 0.15) is 0 Å². The van der Waals surface area contributed by atoms with E-state index in [1.807, 2.05) is 5.38 Å². The molecule has 2 amide bonds. The SMILES string of the molecule is O=C(Nc1ccsc1)Nc1ccc(C(=O)O)c(Cl)c1. The van der Waals surface area contributed by atoms with Crippen LogP contribution >= 0.6 is 22.9 Å². The Hall–Kier alpha value is -2.05. The lowest BCUT2D eigenvalue weighted by molar-refractivity contribution is 0.0697. The van der Waals surface area contributed by atoms with Gasteiger partial charge in [-0.25, -0.2) is 9.59 Å². The predicted molar refractivity (Wildman–Crippen MR) is 75.4 cm³/mol. The molecule has 0 saturated heterocycles. The summed E-state index contributed by atoms with van der Waals surface area (Å²) in [6, 6.07) is 5.55. The Morgan fingerprint density at radius 2 is 1.89 bits per heavy atom. The molecule has 1 aromatic heterocycles. The van der Waals surface area contributed by atoms with Gasteiger partial charge in [0.25, 0.3) is 0 Å². The standard InChI is InChI=1S/C12H9ClN2O3S/c13-10-5-7(1-2-9(10)11(16)17)14-12(18)15-8-3-4-19-6-8/h1-6H,(H,16,17)(H2,14,15,18). The number of hydrogen-bond acceptors (Lipinski definition) is 3. The van der Waals surface area contributed by atoms with Crippen LogP contribution in [0.1, 0.15) is 10.4 Å². The number of carbonyl (C=O) groups is 2. The largest absolute Gasteiger partial charge is 0.478 e. The van der Waals surface area contributed by atoms with Crippen LogP contribution in [0.4, 0.5) is 16.2 Å². The van der Waals surface area contributed by atoms with Crippen molar-refractivity contribution in [2.45, 2.75) is 0 Å². The first-order chi connectivity index (χ1) is 9.06. The number of halogens is 1. The number of urea groups is 1. The van der Waals surface area contributed by atoms with E-state index in [0.29, 0.717) is 11.4 Å². The van der Waals surface area contributed by atoms with Crippen molar-refractivity contribution in [2.24, 2.45) is 0 Å². The highest BCUT2D eigenvalue weighted by molar-refractivity contribution is 7.08. The maximum atomic E-state index is 11.6. The van der Waals surface area contributed by atoms with Gasteiger partial charge in [-0.3, -0.25) is 0 Å². The molecule has 3 N–H and O–H groups in total. The zero-order valence-corrected chi connectivity index (χ0v) is 11.1. The number of benzene rings is 1. The van der Waals surface area contributed by atoms with Crippen molar-refractivity contribution in [3.05, 3.63) is 45.6 Å². The highest BCUT2D eigenvalue weighted by Crippen LogP contribution is 2.21. The summed E-state index contributed by atoms with van der Waals surface area (Å²) in [6.07, 6.45) is 0. The summed E-state index contributed by atoms with van der Waals surface area (Å²) < 4.78 is 0. The summed E-state index contributed by atoms with van der Waals surface area (Å²) in [6.45, 7) is 0. The van der Waals surface area contributed by atoms with Gasteiger partial charge < -0.3 is 15.7 Å². The molecule has 5 nitrogen and oxygen atoms in total. The quantitative estimate of drug-likeness (QED) is 0.807. The second-order valence-electron chi connectivity index (χ2n) is 3.59. The number of amides is 2. The molecule has 0 aliphatic heterocycles. The molecule has 0 fully saturated rings. The molecule has 0 radical (unpaired) electrons. The van der Waals surface area contributed by atoms with Crippen LogP contribution in [-0.4, -0.2) is 17.1 Å². The summed E-state index contributed by atoms with van der Waals surface area (Å²) in [5.41, 5.74) is 1.10. The molecule has 1 heterocycles. The van der Waals surface area contributed by atoms with E-state index in [1.165, 1.54) is 29.5 Å². The maximum absolute atomic E-state index is 11.6. The maximum Gasteiger partial charge on any atom is 0.337 e. The number of hydrogen-bond donors (Lipinski definition) is 3. The number of anilines is 2. The van der Waals surface area contributed by atoms with Gasteiger partial charge >= 0.3 is 12.0 Å². The van der Waals surface area contributed by atoms with E-state index in [0.717, 1.165) is 0 Å². The molecule has 19 heavy (non-hydrogen) atoms. The van der Waals surface area contributed by atoms with Crippen LogP contribution in [0.3, 0.4) is 0 Å². The molecule has 0 saturated carbocycles. The lowest BCUT2D eigenvalue weighted by atomic mass is 10.2. The molecule has 2 rings (SSSR count). The minimum absolute atomic E-state index is 0.00883. The molecule has 0 atom stereocenters. The van der Waals surface area contributed by atoms with Crippen LogP contribution < -0.4 is 10.6 Å². The van der Waals surface area contributed by atoms with Crippen molar-refractivity contribution >= 4 is 46.3 Å². The summed E-state index contributed by atoms with van der Waals surface area (Å²) in [4.78, 5) is 22.4. The Morgan fingerprint density at radius 1 is 1.16 bits per heavy atom. The highest BCUT2D eigenvalue weighted by Gasteiger charge is 2.10. The first kappa shape index (κ1) is 13.4. The van der Waals surface area contributed by atoms with E-state index in [-0.39, 0.29) is 10.6 Å². The second-order valence-corrected chi connectivity index (χ2v) is 4.78. The van der Waals surface area contributed by atoms with Crippen LogP contribution in [0.2, 0.25) is 5.02 Å². The van der Waals surface area contributed by atoms with Gasteiger partial charge in [0.05, 0.1) is 16.3 Å². The number of thiophene rings is 1. The van der Waals surface area contributed by atoms with Crippen molar-refractivity contribution in [3.63, 3.8) is 0 Å². The van der Waals surface area contributed by atoms with E-state index in [9.17, 15) is 9.59 Å². The Bertz CT molecular complexity index is 613. The van der Waals surface area contributed by atoms with Gasteiger partial charge in [-0.1, -0.05) is 11.6 Å². The number of carboxylic acids is 1. The zero-order valence-electron chi connectivity index (χ0n) is 9.51. The number of rotatable bonds is 3. The first-order valence-electron chi connectivity index (χ1n) is 5.19. The molecule has 2 aromatic rings. The molecule has 0 unspecified atom stereocenters. The van der Waals surface area contributed by atoms with E-state index >= 15 is 0 Å². The van der Waals surface area contributed by atoms with Gasteiger partial charge in [-0.2, -0.15) is 11.3 Å². The smallest absolute Gasteiger partial charge is 0.337 e. The normalized spacial score (nSPS) is 9.95. The molecular weight excluding hydrogens is 288 g/mol. The number of nitrogens with one attached hydrogen (secondary N) is 2. The van der Waals surface area contributed by atoms with E-state index in [2.05, 4.69) is 10.6 Å². The van der Waals surface area contributed by atoms with Crippen LogP contribution in [-0.2, 0) is 0 Å². The van der Waals surface area contributed by atoms with E-state index in [4.69, 9.17) is 16.7 Å². The minimum Gasteiger partial charge on any atom is -0.478 e. The van der Waals surface area contributed by atoms with Crippen molar-refractivity contribution in [2.75, 3.05) is 10.6 Å². The monoisotopic (exact) mass is 296 g/mol. The molecule has 0 aliphatic rings. The average molecular weight is 297 g/mol. The van der Waals surface area contributed by atoms with Crippen LogP contribution in [0.5, 0.6) is 0 Å². The fraction of sp³-hybridized carbons (Fsp3) is 0. The van der Waals surface area contributed by atoms with Crippen molar-refractivity contribution in [1.29, 1.82) is 0 Å². The van der Waals surface area contributed by atoms with Gasteiger partial charge in [0, 0.05) is 11.1 Å². The van der Waals surface area contributed by atoms with Crippen LogP contribution in [0, 0.1) is 0 Å². The summed E-state index contributed by atoms with van der Waals surface area (Å²) in [5.74, 6) is -1.11. The first-order valence-corrected chi connectivity index (χ1v) is 6.51. The molecule has 7 heteroatoms. The van der Waals surface area contributed by atoms with Gasteiger partial charge in [-0.15, -0.1) is 0 Å². The fourth-order valence-electron chi connectivity index (χ4n) is 1.40. The number of carboxylic acid groups (broad SMARTS) is 1. The van der Waals surface area contributed by atoms with Crippen molar-refractivity contribution in [3.8, 4) is 0 Å². The zero-order chi connectivity index (χ0) is 13.8. The predicted octanol–water partition coefficient (Wildman–Crippen LogP) is 3.74. The van der Waals surface area contributed by atoms with Crippen molar-refractivity contribution < 1.29 is 14.7 Å². The molecule has 98 valence electrons. The summed E-state index contributed by atoms with van der Waals surface area (Å²) >= 11 is 7.27. The summed E-state index contributed by atoms with van der Waals surface area (Å²) in [7, 11) is 0. The molecule has 0 spiro atoms. The van der Waals surface area contributed by atoms with Crippen molar-refractivity contribution in [1.82, 2.24) is 0 Å². The third-order valence-electron chi connectivity index (χ3n) is 2.24. The molecule has 0 aliphatic carbocycles. The molecule has 1 aromatic carbocycles. The van der Waals surface area contributed by atoms with E-state index in [1.54, 1.807) is 11.4 Å². The molecular formula is C12H9ClN2O3S. The number of carbonyl (C=O) groups excluding carboxylic acids is 1. The number of aromatic carboxylic acids is 1. The highest BCUT2D eigenvalue weighted by atomic mass is 35.5. The average Bonchev–Trinajstić information content (AvgIpc) is 2.81. The van der Waals surface area contributed by atoms with Gasteiger partial charge in [0.2, 0.25) is 0 Å².